The lowest BCUT2D eigenvalue weighted by Crippen LogP contribution is -2.09. The summed E-state index contributed by atoms with van der Waals surface area (Å²) in [6.07, 6.45) is 0. The van der Waals surface area contributed by atoms with Gasteiger partial charge < -0.3 is 9.72 Å². The van der Waals surface area contributed by atoms with E-state index in [9.17, 15) is 4.79 Å². The molecule has 9 heteroatoms. The second-order valence-electron chi connectivity index (χ2n) is 6.26. The third kappa shape index (κ3) is 3.98. The summed E-state index contributed by atoms with van der Waals surface area (Å²) < 4.78 is 8.18. The Morgan fingerprint density at radius 2 is 2.10 bits per heavy atom. The number of thioether (sulfide) groups is 1. The van der Waals surface area contributed by atoms with E-state index in [0.717, 1.165) is 0 Å². The van der Waals surface area contributed by atoms with Gasteiger partial charge >= 0.3 is 0 Å². The van der Waals surface area contributed by atoms with Gasteiger partial charge in [0.15, 0.2) is 14.8 Å². The summed E-state index contributed by atoms with van der Waals surface area (Å²) in [6.45, 7) is 2.07. The zero-order chi connectivity index (χ0) is 20.5. The fourth-order valence-corrected chi connectivity index (χ4v) is 5.29. The standard InChI is InChI=1S/C20H16ClN3O2S3/c1-11-5-3-4-6-12(11)10-28-19-22-17-16(18(25)23-19)29-20(27)24(17)14-9-13(21)7-8-15(14)26-2/h3-9H,10H2,1-2H3,(H,22,23,25). The lowest BCUT2D eigenvalue weighted by Gasteiger charge is -2.11. The third-order valence-electron chi connectivity index (χ3n) is 4.43. The van der Waals surface area contributed by atoms with E-state index in [4.69, 9.17) is 33.5 Å². The SMILES string of the molecule is COc1ccc(Cl)cc1-n1c(=S)sc2c(=O)[nH]c(SCc3ccccc3C)nc21. The molecule has 0 saturated heterocycles. The molecule has 0 aliphatic rings. The average molecular weight is 462 g/mol. The molecule has 0 bridgehead atoms. The quantitative estimate of drug-likeness (QED) is 0.232. The Kier molecular flexibility index (Phi) is 5.78. The van der Waals surface area contributed by atoms with Crippen LogP contribution in [0, 0.1) is 10.9 Å². The normalized spacial score (nSPS) is 11.1. The molecule has 0 amide bonds. The second-order valence-corrected chi connectivity index (χ2v) is 9.30. The Morgan fingerprint density at radius 1 is 1.31 bits per heavy atom. The van der Waals surface area contributed by atoms with Gasteiger partial charge in [0.05, 0.1) is 12.8 Å². The van der Waals surface area contributed by atoms with Crippen molar-refractivity contribution in [1.82, 2.24) is 14.5 Å². The van der Waals surface area contributed by atoms with Gasteiger partial charge in [-0.15, -0.1) is 0 Å². The topological polar surface area (TPSA) is 59.9 Å². The summed E-state index contributed by atoms with van der Waals surface area (Å²) in [5.74, 6) is 1.30. The number of nitrogens with one attached hydrogen (secondary N) is 1. The number of H-pyrrole nitrogens is 1. The monoisotopic (exact) mass is 461 g/mol. The second kappa shape index (κ2) is 8.31. The number of methoxy groups -OCH3 is 1. The minimum atomic E-state index is -0.210. The van der Waals surface area contributed by atoms with E-state index in [1.165, 1.54) is 34.2 Å². The van der Waals surface area contributed by atoms with E-state index >= 15 is 0 Å². The van der Waals surface area contributed by atoms with Crippen molar-refractivity contribution in [2.75, 3.05) is 7.11 Å². The highest BCUT2D eigenvalue weighted by molar-refractivity contribution is 7.98. The largest absolute Gasteiger partial charge is 0.495 e. The van der Waals surface area contributed by atoms with Crippen LogP contribution < -0.4 is 10.3 Å². The van der Waals surface area contributed by atoms with Crippen LogP contribution in [0.1, 0.15) is 11.1 Å². The maximum Gasteiger partial charge on any atom is 0.271 e. The van der Waals surface area contributed by atoms with Crippen LogP contribution >= 0.6 is 46.9 Å². The van der Waals surface area contributed by atoms with E-state index in [0.29, 0.717) is 41.7 Å². The molecule has 0 spiro atoms. The molecule has 0 unspecified atom stereocenters. The summed E-state index contributed by atoms with van der Waals surface area (Å²) in [4.78, 5) is 20.2. The van der Waals surface area contributed by atoms with E-state index in [1.54, 1.807) is 29.9 Å². The molecule has 2 aromatic heterocycles. The molecule has 0 fully saturated rings. The van der Waals surface area contributed by atoms with Gasteiger partial charge in [0.25, 0.3) is 5.56 Å². The van der Waals surface area contributed by atoms with Gasteiger partial charge in [-0.2, -0.15) is 0 Å². The maximum atomic E-state index is 12.7. The van der Waals surface area contributed by atoms with Crippen LogP contribution in [-0.4, -0.2) is 21.6 Å². The van der Waals surface area contributed by atoms with Crippen molar-refractivity contribution < 1.29 is 4.74 Å². The molecule has 0 aliphatic heterocycles. The van der Waals surface area contributed by atoms with Crippen LogP contribution in [0.25, 0.3) is 16.0 Å². The number of ether oxygens (including phenoxy) is 1. The molecule has 2 aromatic carbocycles. The maximum absolute atomic E-state index is 12.7. The number of aryl methyl sites for hydroxylation is 1. The van der Waals surface area contributed by atoms with Crippen molar-refractivity contribution in [3.8, 4) is 11.4 Å². The Labute approximate surface area is 185 Å². The van der Waals surface area contributed by atoms with Gasteiger partial charge in [-0.1, -0.05) is 59.0 Å². The van der Waals surface area contributed by atoms with Crippen molar-refractivity contribution >= 4 is 57.3 Å². The fourth-order valence-electron chi connectivity index (χ4n) is 2.93. The lowest BCUT2D eigenvalue weighted by atomic mass is 10.1. The molecule has 4 aromatic rings. The minimum Gasteiger partial charge on any atom is -0.495 e. The lowest BCUT2D eigenvalue weighted by molar-refractivity contribution is 0.413. The number of thiazole rings is 1. The van der Waals surface area contributed by atoms with Gasteiger partial charge in [0, 0.05) is 10.8 Å². The molecule has 0 saturated carbocycles. The molecule has 0 atom stereocenters. The number of aromatic nitrogens is 3. The fraction of sp³-hybridized carbons (Fsp3) is 0.150. The summed E-state index contributed by atoms with van der Waals surface area (Å²) >= 11 is 14.4. The van der Waals surface area contributed by atoms with Gasteiger partial charge in [0.2, 0.25) is 0 Å². The van der Waals surface area contributed by atoms with E-state index in [-0.39, 0.29) is 5.56 Å². The highest BCUT2D eigenvalue weighted by Gasteiger charge is 2.17. The smallest absolute Gasteiger partial charge is 0.271 e. The molecule has 5 nitrogen and oxygen atoms in total. The number of hydrogen-bond donors (Lipinski definition) is 1. The molecular formula is C20H16ClN3O2S3. The third-order valence-corrected chi connectivity index (χ3v) is 6.95. The predicted molar refractivity (Wildman–Crippen MR) is 123 cm³/mol. The Morgan fingerprint density at radius 3 is 2.86 bits per heavy atom. The summed E-state index contributed by atoms with van der Waals surface area (Å²) in [6, 6.07) is 13.4. The van der Waals surface area contributed by atoms with Crippen molar-refractivity contribution in [1.29, 1.82) is 0 Å². The number of halogens is 1. The highest BCUT2D eigenvalue weighted by Crippen LogP contribution is 2.32. The average Bonchev–Trinajstić information content (AvgIpc) is 3.03. The van der Waals surface area contributed by atoms with Crippen molar-refractivity contribution in [2.45, 2.75) is 17.8 Å². The molecule has 29 heavy (non-hydrogen) atoms. The number of rotatable bonds is 5. The van der Waals surface area contributed by atoms with Crippen molar-refractivity contribution in [3.05, 3.63) is 72.9 Å². The number of fused-ring (bicyclic) bond motifs is 1. The molecule has 0 radical (unpaired) electrons. The Hall–Kier alpha value is -2.13. The molecular weight excluding hydrogens is 446 g/mol. The van der Waals surface area contributed by atoms with Crippen LogP contribution in [0.4, 0.5) is 0 Å². The van der Waals surface area contributed by atoms with Crippen LogP contribution in [0.15, 0.2) is 52.4 Å². The van der Waals surface area contributed by atoms with E-state index in [1.807, 2.05) is 12.1 Å². The molecule has 0 aliphatic carbocycles. The van der Waals surface area contributed by atoms with Gasteiger partial charge in [-0.25, -0.2) is 4.98 Å². The van der Waals surface area contributed by atoms with Crippen molar-refractivity contribution in [3.63, 3.8) is 0 Å². The number of benzene rings is 2. The van der Waals surface area contributed by atoms with Gasteiger partial charge in [-0.3, -0.25) is 9.36 Å². The Bertz CT molecular complexity index is 1330. The van der Waals surface area contributed by atoms with Crippen LogP contribution in [-0.2, 0) is 5.75 Å². The van der Waals surface area contributed by atoms with E-state index < -0.39 is 0 Å². The Balaban J connectivity index is 1.82. The van der Waals surface area contributed by atoms with Gasteiger partial charge in [-0.05, 0) is 48.5 Å². The highest BCUT2D eigenvalue weighted by atomic mass is 35.5. The first-order valence-corrected chi connectivity index (χ1v) is 11.2. The first-order valence-electron chi connectivity index (χ1n) is 8.65. The number of hydrogen-bond acceptors (Lipinski definition) is 6. The van der Waals surface area contributed by atoms with Crippen molar-refractivity contribution in [2.24, 2.45) is 0 Å². The zero-order valence-corrected chi connectivity index (χ0v) is 18.8. The van der Waals surface area contributed by atoms with Crippen LogP contribution in [0.3, 0.4) is 0 Å². The molecule has 148 valence electrons. The zero-order valence-electron chi connectivity index (χ0n) is 15.6. The van der Waals surface area contributed by atoms with Gasteiger partial charge in [0.1, 0.15) is 10.4 Å². The summed E-state index contributed by atoms with van der Waals surface area (Å²) in [5, 5.41) is 1.08. The number of nitrogens with zero attached hydrogens (tertiary/aromatic N) is 2. The summed E-state index contributed by atoms with van der Waals surface area (Å²) in [7, 11) is 1.58. The minimum absolute atomic E-state index is 0.210. The van der Waals surface area contributed by atoms with E-state index in [2.05, 4.69) is 24.0 Å². The molecule has 1 N–H and O–H groups in total. The first kappa shape index (κ1) is 20.2. The summed E-state index contributed by atoms with van der Waals surface area (Å²) in [5.41, 5.74) is 3.34. The number of aromatic amines is 1. The predicted octanol–water partition coefficient (Wildman–Crippen LogP) is 5.77. The molecule has 4 rings (SSSR count). The van der Waals surface area contributed by atoms with Crippen LogP contribution in [0.5, 0.6) is 5.75 Å². The molecule has 2 heterocycles. The first-order chi connectivity index (χ1) is 14.0. The van der Waals surface area contributed by atoms with Crippen LogP contribution in [0.2, 0.25) is 5.02 Å².